The van der Waals surface area contributed by atoms with Gasteiger partial charge in [0.15, 0.2) is 0 Å². The van der Waals surface area contributed by atoms with Gasteiger partial charge in [0, 0.05) is 24.6 Å². The fraction of sp³-hybridized carbons (Fsp3) is 0.391. The zero-order valence-electron chi connectivity index (χ0n) is 18.1. The Morgan fingerprint density at radius 3 is 2.56 bits per heavy atom. The highest BCUT2D eigenvalue weighted by atomic mass is 19.3. The lowest BCUT2D eigenvalue weighted by Crippen LogP contribution is -2.15. The van der Waals surface area contributed by atoms with E-state index < -0.39 is 17.9 Å². The van der Waals surface area contributed by atoms with Crippen LogP contribution < -0.4 is 4.74 Å². The number of aryl methyl sites for hydroxylation is 1. The summed E-state index contributed by atoms with van der Waals surface area (Å²) in [6.07, 6.45) is 2.40. The first-order chi connectivity index (χ1) is 15.3. The van der Waals surface area contributed by atoms with E-state index in [1.807, 2.05) is 19.1 Å². The zero-order chi connectivity index (χ0) is 23.1. The van der Waals surface area contributed by atoms with Gasteiger partial charge in [0.2, 0.25) is 11.7 Å². The Kier molecular flexibility index (Phi) is 7.50. The molecule has 9 heteroatoms. The monoisotopic (exact) mass is 444 g/mol. The van der Waals surface area contributed by atoms with Crippen LogP contribution in [0.2, 0.25) is 0 Å². The van der Waals surface area contributed by atoms with E-state index in [0.717, 1.165) is 24.0 Å². The maximum absolute atomic E-state index is 14.4. The van der Waals surface area contributed by atoms with Crippen molar-refractivity contribution < 1.29 is 23.4 Å². The fourth-order valence-electron chi connectivity index (χ4n) is 3.34. The summed E-state index contributed by atoms with van der Waals surface area (Å²) in [6, 6.07) is 10.7. The molecule has 170 valence electrons. The molecule has 0 saturated carbocycles. The lowest BCUT2D eigenvalue weighted by molar-refractivity contribution is -0.0232. The number of halogens is 2. The maximum atomic E-state index is 14.4. The van der Waals surface area contributed by atoms with E-state index in [1.165, 1.54) is 6.20 Å². The van der Waals surface area contributed by atoms with Crippen LogP contribution in [0, 0.1) is 0 Å². The highest BCUT2D eigenvalue weighted by Crippen LogP contribution is 2.31. The largest absolute Gasteiger partial charge is 0.512 e. The molecule has 0 saturated heterocycles. The summed E-state index contributed by atoms with van der Waals surface area (Å²) in [5.74, 6) is -2.93. The molecule has 2 heterocycles. The van der Waals surface area contributed by atoms with Crippen LogP contribution in [0.3, 0.4) is 0 Å². The minimum absolute atomic E-state index is 0.00586. The van der Waals surface area contributed by atoms with Crippen molar-refractivity contribution in [2.45, 2.75) is 58.4 Å². The van der Waals surface area contributed by atoms with Crippen molar-refractivity contribution >= 4 is 6.16 Å². The maximum Gasteiger partial charge on any atom is 0.512 e. The number of rotatable bonds is 10. The van der Waals surface area contributed by atoms with Crippen molar-refractivity contribution in [1.29, 1.82) is 0 Å². The van der Waals surface area contributed by atoms with Gasteiger partial charge in [-0.1, -0.05) is 44.5 Å². The molecule has 1 N–H and O–H groups in total. The van der Waals surface area contributed by atoms with Crippen LogP contribution in [0.15, 0.2) is 42.6 Å². The van der Waals surface area contributed by atoms with Crippen molar-refractivity contribution in [2.24, 2.45) is 0 Å². The van der Waals surface area contributed by atoms with Crippen molar-refractivity contribution in [2.75, 3.05) is 0 Å². The third kappa shape index (κ3) is 5.66. The second-order valence-electron chi connectivity index (χ2n) is 7.49. The van der Waals surface area contributed by atoms with Gasteiger partial charge in [-0.3, -0.25) is 0 Å². The average Bonchev–Trinajstić information content (AvgIpc) is 3.16. The normalized spacial score (nSPS) is 11.5. The molecule has 0 fully saturated rings. The van der Waals surface area contributed by atoms with E-state index in [1.54, 1.807) is 35.9 Å². The van der Waals surface area contributed by atoms with Crippen LogP contribution in [0.1, 0.15) is 56.7 Å². The summed E-state index contributed by atoms with van der Waals surface area (Å²) in [4.78, 5) is 19.0. The van der Waals surface area contributed by atoms with Crippen molar-refractivity contribution in [3.05, 3.63) is 59.8 Å². The van der Waals surface area contributed by atoms with Crippen LogP contribution in [0.5, 0.6) is 5.88 Å². The number of benzene rings is 1. The number of carbonyl (C=O) groups is 1. The van der Waals surface area contributed by atoms with Gasteiger partial charge in [0.05, 0.1) is 6.54 Å². The van der Waals surface area contributed by atoms with Crippen LogP contribution in [0.25, 0.3) is 11.1 Å². The predicted molar refractivity (Wildman–Crippen MR) is 115 cm³/mol. The first kappa shape index (κ1) is 23.3. The number of aromatic nitrogens is 4. The third-order valence-corrected chi connectivity index (χ3v) is 4.95. The Morgan fingerprint density at radius 2 is 1.91 bits per heavy atom. The molecule has 32 heavy (non-hydrogen) atoms. The van der Waals surface area contributed by atoms with E-state index in [-0.39, 0.29) is 12.3 Å². The molecule has 2 aromatic heterocycles. The molecule has 7 nitrogen and oxygen atoms in total. The first-order valence-electron chi connectivity index (χ1n) is 10.6. The van der Waals surface area contributed by atoms with Crippen LogP contribution in [-0.2, 0) is 18.9 Å². The molecule has 1 aromatic carbocycles. The van der Waals surface area contributed by atoms with Crippen molar-refractivity contribution in [1.82, 2.24) is 19.7 Å². The van der Waals surface area contributed by atoms with Gasteiger partial charge in [0.1, 0.15) is 5.82 Å². The van der Waals surface area contributed by atoms with Crippen LogP contribution >= 0.6 is 0 Å². The number of unbranched alkanes of at least 4 members (excludes halogenated alkanes) is 1. The Hall–Kier alpha value is -3.36. The lowest BCUT2D eigenvalue weighted by atomic mass is 10.1. The van der Waals surface area contributed by atoms with Gasteiger partial charge in [-0.15, -0.1) is 5.10 Å². The number of alkyl halides is 2. The predicted octanol–water partition coefficient (Wildman–Crippen LogP) is 5.68. The van der Waals surface area contributed by atoms with Crippen molar-refractivity contribution in [3.63, 3.8) is 0 Å². The Morgan fingerprint density at radius 1 is 1.16 bits per heavy atom. The van der Waals surface area contributed by atoms with Gasteiger partial charge < -0.3 is 9.84 Å². The molecule has 3 aromatic rings. The minimum Gasteiger partial charge on any atom is -0.449 e. The smallest absolute Gasteiger partial charge is 0.449 e. The molecule has 3 rings (SSSR count). The zero-order valence-corrected chi connectivity index (χ0v) is 18.1. The standard InChI is InChI=1S/C23H26F2N4O3/c1-3-5-8-19-27-21(23(24,25)13-4-2)28-29(19)15-16-9-11-17(12-10-16)18-7-6-14-26-20(18)32-22(30)31/h6-7,9-12,14H,3-5,8,13,15H2,1-2H3,(H,30,31). The van der Waals surface area contributed by atoms with Crippen LogP contribution in [-0.4, -0.2) is 31.0 Å². The van der Waals surface area contributed by atoms with E-state index in [0.29, 0.717) is 30.8 Å². The fourth-order valence-corrected chi connectivity index (χ4v) is 3.34. The minimum atomic E-state index is -3.05. The molecule has 0 spiro atoms. The summed E-state index contributed by atoms with van der Waals surface area (Å²) < 4.78 is 35.1. The molecule has 0 radical (unpaired) electrons. The molecule has 0 aliphatic rings. The third-order valence-electron chi connectivity index (χ3n) is 4.95. The summed E-state index contributed by atoms with van der Waals surface area (Å²) >= 11 is 0. The van der Waals surface area contributed by atoms with E-state index >= 15 is 0 Å². The molecule has 0 aliphatic carbocycles. The number of hydrogen-bond acceptors (Lipinski definition) is 5. The quantitative estimate of drug-likeness (QED) is 0.405. The highest BCUT2D eigenvalue weighted by Gasteiger charge is 2.36. The molecule has 0 unspecified atom stereocenters. The van der Waals surface area contributed by atoms with Crippen LogP contribution in [0.4, 0.5) is 13.6 Å². The average molecular weight is 444 g/mol. The van der Waals surface area contributed by atoms with Gasteiger partial charge in [-0.25, -0.2) is 19.4 Å². The molecular formula is C23H26F2N4O3. The highest BCUT2D eigenvalue weighted by molar-refractivity contribution is 5.72. The van der Waals surface area contributed by atoms with E-state index in [4.69, 9.17) is 9.84 Å². The van der Waals surface area contributed by atoms with E-state index in [9.17, 15) is 13.6 Å². The topological polar surface area (TPSA) is 90.1 Å². The van der Waals surface area contributed by atoms with Gasteiger partial charge in [0.25, 0.3) is 0 Å². The Labute approximate surface area is 185 Å². The second-order valence-corrected chi connectivity index (χ2v) is 7.49. The molecule has 0 bridgehead atoms. The molecular weight excluding hydrogens is 418 g/mol. The number of nitrogens with zero attached hydrogens (tertiary/aromatic N) is 4. The number of ether oxygens (including phenoxy) is 1. The first-order valence-corrected chi connectivity index (χ1v) is 10.6. The Balaban J connectivity index is 1.85. The summed E-state index contributed by atoms with van der Waals surface area (Å²) in [5, 5.41) is 13.0. The van der Waals surface area contributed by atoms with Gasteiger partial charge in [-0.05, 0) is 36.1 Å². The second kappa shape index (κ2) is 10.3. The summed E-state index contributed by atoms with van der Waals surface area (Å²) in [7, 11) is 0. The number of pyridine rings is 1. The SMILES string of the molecule is CCCCc1nc(C(F)(F)CCC)nn1Cc1ccc(-c2cccnc2OC(=O)O)cc1. The molecule has 0 atom stereocenters. The van der Waals surface area contributed by atoms with Crippen molar-refractivity contribution in [3.8, 4) is 17.0 Å². The molecule has 0 amide bonds. The van der Waals surface area contributed by atoms with Gasteiger partial charge >= 0.3 is 12.1 Å². The summed E-state index contributed by atoms with van der Waals surface area (Å²) in [5.41, 5.74) is 2.11. The number of hydrogen-bond donors (Lipinski definition) is 1. The molecule has 0 aliphatic heterocycles. The number of carboxylic acid groups (broad SMARTS) is 1. The summed E-state index contributed by atoms with van der Waals surface area (Å²) in [6.45, 7) is 4.05. The van der Waals surface area contributed by atoms with Gasteiger partial charge in [-0.2, -0.15) is 8.78 Å². The Bertz CT molecular complexity index is 1050. The lowest BCUT2D eigenvalue weighted by Gasteiger charge is -2.10. The van der Waals surface area contributed by atoms with E-state index in [2.05, 4.69) is 15.1 Å².